The quantitative estimate of drug-likeness (QED) is 0.656. The Kier molecular flexibility index (Phi) is 7.14. The van der Waals surface area contributed by atoms with Gasteiger partial charge in [-0.25, -0.2) is 4.79 Å². The average Bonchev–Trinajstić information content (AvgIpc) is 2.60. The maximum atomic E-state index is 11.7. The smallest absolute Gasteiger partial charge is 0.314 e. The van der Waals surface area contributed by atoms with Crippen LogP contribution in [0, 0.1) is 0 Å². The molecule has 0 aliphatic heterocycles. The van der Waals surface area contributed by atoms with Crippen molar-refractivity contribution in [2.24, 2.45) is 0 Å². The number of amides is 2. The van der Waals surface area contributed by atoms with Crippen LogP contribution in [-0.2, 0) is 6.42 Å². The first kappa shape index (κ1) is 17.0. The van der Waals surface area contributed by atoms with E-state index >= 15 is 0 Å². The number of carbonyl (C=O) groups excluding carboxylic acids is 1. The summed E-state index contributed by atoms with van der Waals surface area (Å²) in [6.45, 7) is 1.09. The first-order valence-electron chi connectivity index (χ1n) is 8.04. The molecule has 0 fully saturated rings. The first-order chi connectivity index (χ1) is 11.3. The molecule has 0 aromatic heterocycles. The van der Waals surface area contributed by atoms with Crippen LogP contribution in [0.2, 0.25) is 0 Å². The summed E-state index contributed by atoms with van der Waals surface area (Å²) in [5, 5.41) is 15.6. The Balaban J connectivity index is 1.55. The van der Waals surface area contributed by atoms with E-state index in [0.29, 0.717) is 19.5 Å². The summed E-state index contributed by atoms with van der Waals surface area (Å²) in [5.41, 5.74) is 2.15. The number of urea groups is 1. The highest BCUT2D eigenvalue weighted by Crippen LogP contribution is 2.14. The van der Waals surface area contributed by atoms with Crippen molar-refractivity contribution in [1.29, 1.82) is 0 Å². The summed E-state index contributed by atoms with van der Waals surface area (Å²) < 4.78 is 0. The molecule has 0 saturated heterocycles. The normalized spacial score (nSPS) is 11.7. The number of aliphatic hydroxyl groups excluding tert-OH is 1. The van der Waals surface area contributed by atoms with Gasteiger partial charge >= 0.3 is 6.03 Å². The maximum absolute atomic E-state index is 11.7. The third-order valence-corrected chi connectivity index (χ3v) is 3.66. The molecule has 0 aliphatic carbocycles. The third-order valence-electron chi connectivity index (χ3n) is 3.66. The molecule has 4 heteroatoms. The highest BCUT2D eigenvalue weighted by atomic mass is 16.3. The topological polar surface area (TPSA) is 61.4 Å². The van der Waals surface area contributed by atoms with E-state index in [0.717, 1.165) is 18.4 Å². The second kappa shape index (κ2) is 9.64. The van der Waals surface area contributed by atoms with E-state index in [1.807, 2.05) is 48.5 Å². The molecule has 1 atom stereocenters. The number of carbonyl (C=O) groups is 1. The van der Waals surface area contributed by atoms with E-state index in [1.165, 1.54) is 5.56 Å². The SMILES string of the molecule is O=C(NCCCc1ccccc1)NCCC(O)c1ccccc1. The van der Waals surface area contributed by atoms with Crippen molar-refractivity contribution >= 4 is 6.03 Å². The zero-order chi connectivity index (χ0) is 16.3. The minimum Gasteiger partial charge on any atom is -0.388 e. The zero-order valence-electron chi connectivity index (χ0n) is 13.2. The number of aliphatic hydroxyl groups is 1. The number of hydrogen-bond acceptors (Lipinski definition) is 2. The van der Waals surface area contributed by atoms with Gasteiger partial charge in [-0.2, -0.15) is 0 Å². The minimum atomic E-state index is -0.547. The van der Waals surface area contributed by atoms with Gasteiger partial charge in [-0.3, -0.25) is 0 Å². The molecule has 0 saturated carbocycles. The van der Waals surface area contributed by atoms with Crippen LogP contribution in [0.5, 0.6) is 0 Å². The Labute approximate surface area is 137 Å². The molecule has 0 spiro atoms. The lowest BCUT2D eigenvalue weighted by atomic mass is 10.1. The highest BCUT2D eigenvalue weighted by Gasteiger charge is 2.07. The molecule has 3 N–H and O–H groups in total. The number of hydrogen-bond donors (Lipinski definition) is 3. The van der Waals surface area contributed by atoms with Gasteiger partial charge in [0.2, 0.25) is 0 Å². The van der Waals surface area contributed by atoms with Crippen molar-refractivity contribution in [3.63, 3.8) is 0 Å². The van der Waals surface area contributed by atoms with Crippen LogP contribution in [0.25, 0.3) is 0 Å². The van der Waals surface area contributed by atoms with E-state index in [4.69, 9.17) is 0 Å². The molecule has 0 radical (unpaired) electrons. The largest absolute Gasteiger partial charge is 0.388 e. The Bertz CT molecular complexity index is 572. The number of nitrogens with one attached hydrogen (secondary N) is 2. The monoisotopic (exact) mass is 312 g/mol. The second-order valence-corrected chi connectivity index (χ2v) is 5.49. The fourth-order valence-corrected chi connectivity index (χ4v) is 2.37. The molecular weight excluding hydrogens is 288 g/mol. The fraction of sp³-hybridized carbons (Fsp3) is 0.316. The van der Waals surface area contributed by atoms with E-state index in [1.54, 1.807) is 0 Å². The predicted octanol–water partition coefficient (Wildman–Crippen LogP) is 3.04. The van der Waals surface area contributed by atoms with Gasteiger partial charge in [0.15, 0.2) is 0 Å². The number of rotatable bonds is 8. The van der Waals surface area contributed by atoms with E-state index < -0.39 is 6.10 Å². The average molecular weight is 312 g/mol. The van der Waals surface area contributed by atoms with Crippen LogP contribution < -0.4 is 10.6 Å². The molecule has 122 valence electrons. The number of aryl methyl sites for hydroxylation is 1. The van der Waals surface area contributed by atoms with Crippen LogP contribution >= 0.6 is 0 Å². The zero-order valence-corrected chi connectivity index (χ0v) is 13.2. The van der Waals surface area contributed by atoms with E-state index in [9.17, 15) is 9.90 Å². The van der Waals surface area contributed by atoms with Gasteiger partial charge in [0, 0.05) is 13.1 Å². The molecule has 4 nitrogen and oxygen atoms in total. The molecule has 0 aliphatic rings. The molecule has 0 heterocycles. The summed E-state index contributed by atoms with van der Waals surface area (Å²) >= 11 is 0. The van der Waals surface area contributed by atoms with Crippen molar-refractivity contribution in [3.05, 3.63) is 71.8 Å². The van der Waals surface area contributed by atoms with Crippen molar-refractivity contribution in [2.45, 2.75) is 25.4 Å². The maximum Gasteiger partial charge on any atom is 0.314 e. The summed E-state index contributed by atoms with van der Waals surface area (Å²) in [4.78, 5) is 11.7. The van der Waals surface area contributed by atoms with Gasteiger partial charge in [-0.15, -0.1) is 0 Å². The predicted molar refractivity (Wildman–Crippen MR) is 92.2 cm³/mol. The summed E-state index contributed by atoms with van der Waals surface area (Å²) in [7, 11) is 0. The summed E-state index contributed by atoms with van der Waals surface area (Å²) in [5.74, 6) is 0. The molecular formula is C19H24N2O2. The van der Waals surface area contributed by atoms with Gasteiger partial charge in [-0.05, 0) is 30.4 Å². The molecule has 1 unspecified atom stereocenters. The third kappa shape index (κ3) is 6.53. The minimum absolute atomic E-state index is 0.182. The Morgan fingerprint density at radius 2 is 1.52 bits per heavy atom. The summed E-state index contributed by atoms with van der Waals surface area (Å²) in [6.07, 6.45) is 1.81. The van der Waals surface area contributed by atoms with Gasteiger partial charge in [0.25, 0.3) is 0 Å². The Morgan fingerprint density at radius 1 is 0.913 bits per heavy atom. The van der Waals surface area contributed by atoms with Crippen molar-refractivity contribution in [1.82, 2.24) is 10.6 Å². The van der Waals surface area contributed by atoms with Gasteiger partial charge in [0.05, 0.1) is 6.10 Å². The first-order valence-corrected chi connectivity index (χ1v) is 8.04. The molecule has 2 rings (SSSR count). The van der Waals surface area contributed by atoms with Crippen molar-refractivity contribution in [2.75, 3.05) is 13.1 Å². The molecule has 2 amide bonds. The lowest BCUT2D eigenvalue weighted by molar-refractivity contribution is 0.167. The van der Waals surface area contributed by atoms with Crippen LogP contribution in [0.15, 0.2) is 60.7 Å². The standard InChI is InChI=1S/C19H24N2O2/c22-18(17-11-5-2-6-12-17)13-15-21-19(23)20-14-7-10-16-8-3-1-4-9-16/h1-6,8-9,11-12,18,22H,7,10,13-15H2,(H2,20,21,23). The molecule has 2 aromatic carbocycles. The van der Waals surface area contributed by atoms with E-state index in [2.05, 4.69) is 22.8 Å². The lowest BCUT2D eigenvalue weighted by Crippen LogP contribution is -2.37. The van der Waals surface area contributed by atoms with Gasteiger partial charge in [0.1, 0.15) is 0 Å². The van der Waals surface area contributed by atoms with Gasteiger partial charge < -0.3 is 15.7 Å². The molecule has 0 bridgehead atoms. The van der Waals surface area contributed by atoms with E-state index in [-0.39, 0.29) is 6.03 Å². The summed E-state index contributed by atoms with van der Waals surface area (Å²) in [6, 6.07) is 19.5. The van der Waals surface area contributed by atoms with Crippen LogP contribution in [0.3, 0.4) is 0 Å². The van der Waals surface area contributed by atoms with Crippen molar-refractivity contribution in [3.8, 4) is 0 Å². The highest BCUT2D eigenvalue weighted by molar-refractivity contribution is 5.73. The lowest BCUT2D eigenvalue weighted by Gasteiger charge is -2.12. The Morgan fingerprint density at radius 3 is 2.22 bits per heavy atom. The number of benzene rings is 2. The van der Waals surface area contributed by atoms with Crippen LogP contribution in [0.4, 0.5) is 4.79 Å². The van der Waals surface area contributed by atoms with Crippen LogP contribution in [0.1, 0.15) is 30.1 Å². The fourth-order valence-electron chi connectivity index (χ4n) is 2.37. The molecule has 23 heavy (non-hydrogen) atoms. The Hall–Kier alpha value is -2.33. The van der Waals surface area contributed by atoms with Crippen molar-refractivity contribution < 1.29 is 9.90 Å². The van der Waals surface area contributed by atoms with Gasteiger partial charge in [-0.1, -0.05) is 60.7 Å². The second-order valence-electron chi connectivity index (χ2n) is 5.49. The van der Waals surface area contributed by atoms with Crippen LogP contribution in [-0.4, -0.2) is 24.2 Å². The molecule has 2 aromatic rings.